The third-order valence-electron chi connectivity index (χ3n) is 2.40. The minimum atomic E-state index is -0.840. The number of likely N-dealkylation sites (N-methyl/N-ethyl adjacent to an activating group) is 1. The van der Waals surface area contributed by atoms with Gasteiger partial charge >= 0.3 is 5.97 Å². The molecule has 1 aromatic rings. The molecule has 6 heteroatoms. The number of hydrogen-bond acceptors (Lipinski definition) is 5. The number of rotatable bonds is 3. The van der Waals surface area contributed by atoms with Crippen LogP contribution in [0.5, 0.6) is 0 Å². The lowest BCUT2D eigenvalue weighted by atomic mass is 10.2. The first-order valence-corrected chi connectivity index (χ1v) is 5.47. The summed E-state index contributed by atoms with van der Waals surface area (Å²) in [6, 6.07) is 1.48. The molecule has 0 spiro atoms. The van der Waals surface area contributed by atoms with E-state index in [4.69, 9.17) is 10.5 Å². The first-order chi connectivity index (χ1) is 8.32. The zero-order valence-electron chi connectivity index (χ0n) is 10.9. The molecule has 1 aromatic heterocycles. The number of ether oxygens (including phenoxy) is 1. The molecule has 1 atom stereocenters. The number of carbonyl (C=O) groups excluding carboxylic acids is 2. The van der Waals surface area contributed by atoms with Crippen LogP contribution in [-0.4, -0.2) is 42.0 Å². The molecule has 6 nitrogen and oxygen atoms in total. The van der Waals surface area contributed by atoms with Crippen LogP contribution >= 0.6 is 0 Å². The molecule has 0 fully saturated rings. The van der Waals surface area contributed by atoms with Gasteiger partial charge in [-0.15, -0.1) is 0 Å². The second-order valence-corrected chi connectivity index (χ2v) is 4.18. The normalized spacial score (nSPS) is 11.8. The molecule has 0 aromatic carbocycles. The van der Waals surface area contributed by atoms with Gasteiger partial charge in [0.25, 0.3) is 5.91 Å². The summed E-state index contributed by atoms with van der Waals surface area (Å²) in [5, 5.41) is 0. The van der Waals surface area contributed by atoms with Gasteiger partial charge in [-0.1, -0.05) is 0 Å². The number of pyridine rings is 1. The summed E-state index contributed by atoms with van der Waals surface area (Å²) in [7, 11) is 3.19. The molecule has 0 saturated carbocycles. The van der Waals surface area contributed by atoms with Gasteiger partial charge in [0.05, 0.1) is 23.1 Å². The Bertz CT molecular complexity index is 472. The zero-order valence-corrected chi connectivity index (χ0v) is 10.9. The van der Waals surface area contributed by atoms with E-state index in [-0.39, 0.29) is 11.5 Å². The van der Waals surface area contributed by atoms with Crippen molar-refractivity contribution in [2.45, 2.75) is 20.0 Å². The second kappa shape index (κ2) is 5.48. The van der Waals surface area contributed by atoms with Crippen molar-refractivity contribution in [3.05, 3.63) is 23.5 Å². The number of amides is 1. The Morgan fingerprint density at radius 3 is 2.61 bits per heavy atom. The number of nitrogen functional groups attached to an aromatic ring is 1. The van der Waals surface area contributed by atoms with E-state index in [1.807, 2.05) is 0 Å². The van der Waals surface area contributed by atoms with Gasteiger partial charge in [0.2, 0.25) is 0 Å². The maximum absolute atomic E-state index is 11.9. The van der Waals surface area contributed by atoms with Gasteiger partial charge in [0.15, 0.2) is 6.10 Å². The molecule has 0 aliphatic rings. The Morgan fingerprint density at radius 2 is 2.06 bits per heavy atom. The van der Waals surface area contributed by atoms with Crippen LogP contribution in [-0.2, 0) is 9.53 Å². The molecule has 1 amide bonds. The molecule has 1 rings (SSSR count). The predicted octanol–water partition coefficient (Wildman–Crippen LogP) is 0.606. The summed E-state index contributed by atoms with van der Waals surface area (Å²) >= 11 is 0. The number of esters is 1. The summed E-state index contributed by atoms with van der Waals surface area (Å²) in [5.41, 5.74) is 6.72. The number of nitrogens with zero attached hydrogens (tertiary/aromatic N) is 2. The lowest BCUT2D eigenvalue weighted by molar-refractivity contribution is -0.137. The number of nitrogens with two attached hydrogens (primary N) is 1. The molecule has 0 bridgehead atoms. The fourth-order valence-corrected chi connectivity index (χ4v) is 1.39. The number of aryl methyl sites for hydroxylation is 1. The number of aromatic nitrogens is 1. The van der Waals surface area contributed by atoms with E-state index in [0.29, 0.717) is 11.4 Å². The van der Waals surface area contributed by atoms with E-state index in [1.54, 1.807) is 21.0 Å². The summed E-state index contributed by atoms with van der Waals surface area (Å²) in [6.45, 7) is 3.20. The highest BCUT2D eigenvalue weighted by Crippen LogP contribution is 2.12. The summed E-state index contributed by atoms with van der Waals surface area (Å²) in [6.07, 6.45) is 0.619. The van der Waals surface area contributed by atoms with Crippen LogP contribution in [0.2, 0.25) is 0 Å². The Balaban J connectivity index is 2.83. The van der Waals surface area contributed by atoms with E-state index in [1.165, 1.54) is 24.1 Å². The lowest BCUT2D eigenvalue weighted by Gasteiger charge is -2.17. The van der Waals surface area contributed by atoms with Gasteiger partial charge in [-0.05, 0) is 19.9 Å². The highest BCUT2D eigenvalue weighted by Gasteiger charge is 2.21. The van der Waals surface area contributed by atoms with E-state index >= 15 is 0 Å². The fourth-order valence-electron chi connectivity index (χ4n) is 1.39. The van der Waals surface area contributed by atoms with Crippen LogP contribution in [0.3, 0.4) is 0 Å². The molecular formula is C12H17N3O3. The van der Waals surface area contributed by atoms with Crippen molar-refractivity contribution in [1.29, 1.82) is 0 Å². The zero-order chi connectivity index (χ0) is 13.9. The molecule has 18 heavy (non-hydrogen) atoms. The SMILES string of the molecule is Cc1ncc(N)cc1C(=O)OC(C)C(=O)N(C)C. The van der Waals surface area contributed by atoms with Crippen molar-refractivity contribution in [2.75, 3.05) is 19.8 Å². The van der Waals surface area contributed by atoms with Crippen molar-refractivity contribution in [3.63, 3.8) is 0 Å². The predicted molar refractivity (Wildman–Crippen MR) is 67.0 cm³/mol. The van der Waals surface area contributed by atoms with Crippen molar-refractivity contribution in [1.82, 2.24) is 9.88 Å². The van der Waals surface area contributed by atoms with Crippen molar-refractivity contribution < 1.29 is 14.3 Å². The van der Waals surface area contributed by atoms with Gasteiger partial charge < -0.3 is 15.4 Å². The monoisotopic (exact) mass is 251 g/mol. The molecular weight excluding hydrogens is 234 g/mol. The van der Waals surface area contributed by atoms with Crippen LogP contribution in [0.1, 0.15) is 23.0 Å². The van der Waals surface area contributed by atoms with Crippen molar-refractivity contribution in [3.8, 4) is 0 Å². The van der Waals surface area contributed by atoms with Crippen LogP contribution in [0.25, 0.3) is 0 Å². The molecule has 1 heterocycles. The van der Waals surface area contributed by atoms with Gasteiger partial charge in [-0.25, -0.2) is 4.79 Å². The van der Waals surface area contributed by atoms with E-state index in [0.717, 1.165) is 0 Å². The summed E-state index contributed by atoms with van der Waals surface area (Å²) < 4.78 is 5.07. The third kappa shape index (κ3) is 3.19. The van der Waals surface area contributed by atoms with Crippen molar-refractivity contribution in [2.24, 2.45) is 0 Å². The average molecular weight is 251 g/mol. The molecule has 0 aliphatic heterocycles. The smallest absolute Gasteiger partial charge is 0.340 e. The van der Waals surface area contributed by atoms with Gasteiger partial charge in [0, 0.05) is 14.1 Å². The summed E-state index contributed by atoms with van der Waals surface area (Å²) in [4.78, 5) is 28.8. The van der Waals surface area contributed by atoms with E-state index < -0.39 is 12.1 Å². The standard InChI is InChI=1S/C12H17N3O3/c1-7-10(5-9(13)6-14-7)12(17)18-8(2)11(16)15(3)4/h5-6,8H,13H2,1-4H3. The molecule has 98 valence electrons. The maximum atomic E-state index is 11.9. The Labute approximate surface area is 106 Å². The maximum Gasteiger partial charge on any atom is 0.340 e. The van der Waals surface area contributed by atoms with Crippen LogP contribution in [0.15, 0.2) is 12.3 Å². The number of anilines is 1. The van der Waals surface area contributed by atoms with Crippen molar-refractivity contribution >= 4 is 17.6 Å². The van der Waals surface area contributed by atoms with E-state index in [2.05, 4.69) is 4.98 Å². The highest BCUT2D eigenvalue weighted by atomic mass is 16.5. The van der Waals surface area contributed by atoms with Crippen LogP contribution in [0.4, 0.5) is 5.69 Å². The molecule has 0 aliphatic carbocycles. The first-order valence-electron chi connectivity index (χ1n) is 5.47. The van der Waals surface area contributed by atoms with Gasteiger partial charge in [-0.2, -0.15) is 0 Å². The minimum Gasteiger partial charge on any atom is -0.449 e. The fraction of sp³-hybridized carbons (Fsp3) is 0.417. The molecule has 2 N–H and O–H groups in total. The molecule has 0 saturated heterocycles. The lowest BCUT2D eigenvalue weighted by Crippen LogP contribution is -2.35. The van der Waals surface area contributed by atoms with Crippen LogP contribution < -0.4 is 5.73 Å². The van der Waals surface area contributed by atoms with Gasteiger partial charge in [-0.3, -0.25) is 9.78 Å². The molecule has 1 unspecified atom stereocenters. The highest BCUT2D eigenvalue weighted by molar-refractivity contribution is 5.93. The van der Waals surface area contributed by atoms with Crippen LogP contribution in [0, 0.1) is 6.92 Å². The number of carbonyl (C=O) groups is 2. The number of hydrogen-bond donors (Lipinski definition) is 1. The Morgan fingerprint density at radius 1 is 1.44 bits per heavy atom. The second-order valence-electron chi connectivity index (χ2n) is 4.18. The topological polar surface area (TPSA) is 85.5 Å². The molecule has 0 radical (unpaired) electrons. The third-order valence-corrected chi connectivity index (χ3v) is 2.40. The minimum absolute atomic E-state index is 0.272. The Hall–Kier alpha value is -2.11. The summed E-state index contributed by atoms with van der Waals surface area (Å²) in [5.74, 6) is -0.882. The Kier molecular flexibility index (Phi) is 4.25. The van der Waals surface area contributed by atoms with E-state index in [9.17, 15) is 9.59 Å². The average Bonchev–Trinajstić information content (AvgIpc) is 2.30. The van der Waals surface area contributed by atoms with Gasteiger partial charge in [0.1, 0.15) is 0 Å². The first kappa shape index (κ1) is 14.0. The largest absolute Gasteiger partial charge is 0.449 e. The quantitative estimate of drug-likeness (QED) is 0.795.